The molecule has 1 unspecified atom stereocenters. The standard InChI is InChI=1S/C20H21N3O/c1-16-14-22(15-18-5-3-2-4-6-18)11-12-23(16)20(24)19-9-7-17(13-21)8-10-19/h2-10,16H,11-12,14-15H2,1H3. The van der Waals surface area contributed by atoms with Gasteiger partial charge in [0.1, 0.15) is 0 Å². The second kappa shape index (κ2) is 7.29. The van der Waals surface area contributed by atoms with Crippen LogP contribution in [0.3, 0.4) is 0 Å². The first kappa shape index (κ1) is 16.2. The van der Waals surface area contributed by atoms with E-state index in [0.717, 1.165) is 26.2 Å². The molecule has 1 atom stereocenters. The third-order valence-corrected chi connectivity index (χ3v) is 4.48. The van der Waals surface area contributed by atoms with Gasteiger partial charge in [-0.25, -0.2) is 0 Å². The van der Waals surface area contributed by atoms with Gasteiger partial charge in [-0.2, -0.15) is 5.26 Å². The molecule has 0 aliphatic carbocycles. The first-order valence-electron chi connectivity index (χ1n) is 8.25. The lowest BCUT2D eigenvalue weighted by molar-refractivity contribution is 0.0475. The van der Waals surface area contributed by atoms with E-state index in [1.807, 2.05) is 11.0 Å². The van der Waals surface area contributed by atoms with E-state index < -0.39 is 0 Å². The Morgan fingerprint density at radius 3 is 2.46 bits per heavy atom. The number of amides is 1. The minimum Gasteiger partial charge on any atom is -0.333 e. The van der Waals surface area contributed by atoms with Gasteiger partial charge >= 0.3 is 0 Å². The normalized spacial score (nSPS) is 18.2. The van der Waals surface area contributed by atoms with Crippen molar-refractivity contribution in [3.05, 3.63) is 71.3 Å². The summed E-state index contributed by atoms with van der Waals surface area (Å²) in [5.74, 6) is 0.0475. The Bertz CT molecular complexity index is 734. The number of carbonyl (C=O) groups is 1. The summed E-state index contributed by atoms with van der Waals surface area (Å²) in [5.41, 5.74) is 2.53. The van der Waals surface area contributed by atoms with E-state index in [-0.39, 0.29) is 11.9 Å². The maximum absolute atomic E-state index is 12.7. The zero-order valence-corrected chi connectivity index (χ0v) is 13.9. The molecule has 4 heteroatoms. The molecule has 1 saturated heterocycles. The summed E-state index contributed by atoms with van der Waals surface area (Å²) in [6.07, 6.45) is 0. The van der Waals surface area contributed by atoms with Gasteiger partial charge in [-0.05, 0) is 36.8 Å². The number of hydrogen-bond acceptors (Lipinski definition) is 3. The quantitative estimate of drug-likeness (QED) is 0.874. The Morgan fingerprint density at radius 1 is 1.12 bits per heavy atom. The summed E-state index contributed by atoms with van der Waals surface area (Å²) >= 11 is 0. The molecule has 0 bridgehead atoms. The summed E-state index contributed by atoms with van der Waals surface area (Å²) in [6.45, 7) is 5.49. The van der Waals surface area contributed by atoms with Gasteiger partial charge in [0.25, 0.3) is 5.91 Å². The molecule has 122 valence electrons. The van der Waals surface area contributed by atoms with Crippen LogP contribution < -0.4 is 0 Å². The topological polar surface area (TPSA) is 47.3 Å². The Balaban J connectivity index is 1.62. The van der Waals surface area contributed by atoms with Crippen molar-refractivity contribution in [1.82, 2.24) is 9.80 Å². The fourth-order valence-electron chi connectivity index (χ4n) is 3.17. The molecule has 24 heavy (non-hydrogen) atoms. The number of hydrogen-bond donors (Lipinski definition) is 0. The van der Waals surface area contributed by atoms with Crippen LogP contribution in [0.1, 0.15) is 28.4 Å². The predicted octanol–water partition coefficient (Wildman–Crippen LogP) is 2.90. The first-order valence-corrected chi connectivity index (χ1v) is 8.25. The highest BCUT2D eigenvalue weighted by Crippen LogP contribution is 2.16. The summed E-state index contributed by atoms with van der Waals surface area (Å²) in [5, 5.41) is 8.86. The van der Waals surface area contributed by atoms with Gasteiger partial charge in [0.2, 0.25) is 0 Å². The largest absolute Gasteiger partial charge is 0.333 e. The molecular weight excluding hydrogens is 298 g/mol. The van der Waals surface area contributed by atoms with E-state index in [4.69, 9.17) is 5.26 Å². The lowest BCUT2D eigenvalue weighted by Crippen LogP contribution is -2.53. The summed E-state index contributed by atoms with van der Waals surface area (Å²) in [4.78, 5) is 17.0. The van der Waals surface area contributed by atoms with Crippen LogP contribution in [-0.2, 0) is 6.54 Å². The fourth-order valence-corrected chi connectivity index (χ4v) is 3.17. The van der Waals surface area contributed by atoms with E-state index >= 15 is 0 Å². The molecule has 0 aromatic heterocycles. The molecule has 0 saturated carbocycles. The monoisotopic (exact) mass is 319 g/mol. The van der Waals surface area contributed by atoms with Gasteiger partial charge in [-0.3, -0.25) is 9.69 Å². The molecule has 1 aliphatic rings. The lowest BCUT2D eigenvalue weighted by atomic mass is 10.1. The Labute approximate surface area is 142 Å². The third kappa shape index (κ3) is 3.64. The number of nitriles is 1. The van der Waals surface area contributed by atoms with E-state index in [0.29, 0.717) is 11.1 Å². The molecule has 1 heterocycles. The second-order valence-electron chi connectivity index (χ2n) is 6.26. The zero-order valence-electron chi connectivity index (χ0n) is 13.9. The van der Waals surface area contributed by atoms with Crippen LogP contribution in [0.15, 0.2) is 54.6 Å². The van der Waals surface area contributed by atoms with E-state index in [2.05, 4.69) is 42.2 Å². The average Bonchev–Trinajstić information content (AvgIpc) is 2.62. The van der Waals surface area contributed by atoms with Crippen molar-refractivity contribution < 1.29 is 4.79 Å². The van der Waals surface area contributed by atoms with Crippen molar-refractivity contribution in [1.29, 1.82) is 5.26 Å². The number of rotatable bonds is 3. The first-order chi connectivity index (χ1) is 11.7. The smallest absolute Gasteiger partial charge is 0.254 e. The van der Waals surface area contributed by atoms with Gasteiger partial charge in [-0.15, -0.1) is 0 Å². The number of carbonyl (C=O) groups excluding carboxylic acids is 1. The Kier molecular flexibility index (Phi) is 4.93. The number of piperazine rings is 1. The summed E-state index contributed by atoms with van der Waals surface area (Å²) in [7, 11) is 0. The van der Waals surface area contributed by atoms with E-state index in [1.165, 1.54) is 5.56 Å². The third-order valence-electron chi connectivity index (χ3n) is 4.48. The van der Waals surface area contributed by atoms with Gasteiger partial charge in [-0.1, -0.05) is 30.3 Å². The van der Waals surface area contributed by atoms with Gasteiger partial charge in [0, 0.05) is 37.8 Å². The van der Waals surface area contributed by atoms with Crippen LogP contribution in [0.25, 0.3) is 0 Å². The molecule has 2 aromatic rings. The number of benzene rings is 2. The fraction of sp³-hybridized carbons (Fsp3) is 0.300. The van der Waals surface area contributed by atoms with Crippen molar-refractivity contribution in [3.63, 3.8) is 0 Å². The highest BCUT2D eigenvalue weighted by molar-refractivity contribution is 5.94. The molecule has 1 amide bonds. The van der Waals surface area contributed by atoms with Crippen LogP contribution in [0.5, 0.6) is 0 Å². The van der Waals surface area contributed by atoms with Crippen molar-refractivity contribution in [2.45, 2.75) is 19.5 Å². The molecule has 0 spiro atoms. The molecule has 1 fully saturated rings. The summed E-state index contributed by atoms with van der Waals surface area (Å²) < 4.78 is 0. The SMILES string of the molecule is CC1CN(Cc2ccccc2)CCN1C(=O)c1ccc(C#N)cc1. The Morgan fingerprint density at radius 2 is 1.83 bits per heavy atom. The van der Waals surface area contributed by atoms with Crippen LogP contribution in [0.2, 0.25) is 0 Å². The van der Waals surface area contributed by atoms with Crippen LogP contribution in [0.4, 0.5) is 0 Å². The van der Waals surface area contributed by atoms with E-state index in [9.17, 15) is 4.79 Å². The van der Waals surface area contributed by atoms with Crippen molar-refractivity contribution in [2.24, 2.45) is 0 Å². The van der Waals surface area contributed by atoms with Gasteiger partial charge in [0.15, 0.2) is 0 Å². The lowest BCUT2D eigenvalue weighted by Gasteiger charge is -2.40. The number of nitrogens with zero attached hydrogens (tertiary/aromatic N) is 3. The predicted molar refractivity (Wildman–Crippen MR) is 93.4 cm³/mol. The molecule has 3 rings (SSSR count). The maximum Gasteiger partial charge on any atom is 0.254 e. The molecule has 1 aliphatic heterocycles. The molecular formula is C20H21N3O. The van der Waals surface area contributed by atoms with Crippen molar-refractivity contribution >= 4 is 5.91 Å². The van der Waals surface area contributed by atoms with Crippen molar-refractivity contribution in [3.8, 4) is 6.07 Å². The summed E-state index contributed by atoms with van der Waals surface area (Å²) in [6, 6.07) is 19.5. The molecule has 0 radical (unpaired) electrons. The van der Waals surface area contributed by atoms with Crippen molar-refractivity contribution in [2.75, 3.05) is 19.6 Å². The molecule has 4 nitrogen and oxygen atoms in total. The molecule has 2 aromatic carbocycles. The molecule has 0 N–H and O–H groups in total. The highest BCUT2D eigenvalue weighted by Gasteiger charge is 2.27. The van der Waals surface area contributed by atoms with Gasteiger partial charge in [0.05, 0.1) is 11.6 Å². The van der Waals surface area contributed by atoms with Crippen LogP contribution in [-0.4, -0.2) is 41.4 Å². The minimum atomic E-state index is 0.0475. The van der Waals surface area contributed by atoms with Crippen LogP contribution >= 0.6 is 0 Å². The zero-order chi connectivity index (χ0) is 16.9. The second-order valence-corrected chi connectivity index (χ2v) is 6.26. The Hall–Kier alpha value is -2.64. The average molecular weight is 319 g/mol. The minimum absolute atomic E-state index is 0.0475. The van der Waals surface area contributed by atoms with E-state index in [1.54, 1.807) is 24.3 Å². The van der Waals surface area contributed by atoms with Crippen LogP contribution in [0, 0.1) is 11.3 Å². The van der Waals surface area contributed by atoms with Gasteiger partial charge < -0.3 is 4.90 Å². The maximum atomic E-state index is 12.7. The highest BCUT2D eigenvalue weighted by atomic mass is 16.2.